The lowest BCUT2D eigenvalue weighted by atomic mass is 10.1. The van der Waals surface area contributed by atoms with Gasteiger partial charge in [-0.15, -0.1) is 11.3 Å². The van der Waals surface area contributed by atoms with Gasteiger partial charge in [0.1, 0.15) is 5.01 Å². The van der Waals surface area contributed by atoms with Gasteiger partial charge in [0.25, 0.3) is 5.91 Å². The van der Waals surface area contributed by atoms with Crippen molar-refractivity contribution in [2.45, 2.75) is 31.4 Å². The molecule has 0 bridgehead atoms. The summed E-state index contributed by atoms with van der Waals surface area (Å²) in [5.74, 6) is -0.780. The third-order valence-electron chi connectivity index (χ3n) is 4.46. The predicted octanol–water partition coefficient (Wildman–Crippen LogP) is 4.57. The van der Waals surface area contributed by atoms with E-state index >= 15 is 0 Å². The van der Waals surface area contributed by atoms with Crippen LogP contribution >= 0.6 is 22.9 Å². The molecular formula is C22H19ClN2O3S. The molecule has 3 aromatic rings. The lowest BCUT2D eigenvalue weighted by molar-refractivity contribution is -0.156. The Hall–Kier alpha value is -2.70. The molecule has 0 saturated heterocycles. The molecule has 1 N–H and O–H groups in total. The van der Waals surface area contributed by atoms with Crippen LogP contribution in [-0.2, 0) is 20.7 Å². The molecule has 2 aromatic carbocycles. The Labute approximate surface area is 177 Å². The normalized spacial score (nSPS) is 14.2. The summed E-state index contributed by atoms with van der Waals surface area (Å²) in [6.45, 7) is 0. The van der Waals surface area contributed by atoms with E-state index in [1.807, 2.05) is 41.8 Å². The van der Waals surface area contributed by atoms with Crippen molar-refractivity contribution in [2.75, 3.05) is 0 Å². The summed E-state index contributed by atoms with van der Waals surface area (Å²) in [4.78, 5) is 29.6. The first-order chi connectivity index (χ1) is 14.1. The minimum absolute atomic E-state index is 0.00287. The molecule has 5 nitrogen and oxygen atoms in total. The molecule has 4 rings (SSSR count). The first-order valence-corrected chi connectivity index (χ1v) is 10.6. The minimum Gasteiger partial charge on any atom is -0.447 e. The highest BCUT2D eigenvalue weighted by Gasteiger charge is 2.30. The van der Waals surface area contributed by atoms with Crippen molar-refractivity contribution in [3.05, 3.63) is 76.3 Å². The number of halogens is 1. The molecule has 1 unspecified atom stereocenters. The molecule has 7 heteroatoms. The third-order valence-corrected chi connectivity index (χ3v) is 5.64. The molecule has 0 aliphatic heterocycles. The van der Waals surface area contributed by atoms with Crippen LogP contribution in [0.5, 0.6) is 0 Å². The Morgan fingerprint density at radius 2 is 1.97 bits per heavy atom. The zero-order valence-corrected chi connectivity index (χ0v) is 17.1. The third kappa shape index (κ3) is 5.22. The fourth-order valence-electron chi connectivity index (χ4n) is 2.87. The van der Waals surface area contributed by atoms with Gasteiger partial charge in [-0.25, -0.2) is 4.98 Å². The van der Waals surface area contributed by atoms with Crippen LogP contribution in [0.2, 0.25) is 5.02 Å². The van der Waals surface area contributed by atoms with Crippen molar-refractivity contribution < 1.29 is 14.3 Å². The molecule has 148 valence electrons. The monoisotopic (exact) mass is 426 g/mol. The number of hydrogen-bond acceptors (Lipinski definition) is 5. The van der Waals surface area contributed by atoms with Crippen molar-refractivity contribution in [3.8, 4) is 10.6 Å². The number of rotatable bonds is 7. The fourth-order valence-corrected chi connectivity index (χ4v) is 3.88. The fraction of sp³-hybridized carbons (Fsp3) is 0.227. The predicted molar refractivity (Wildman–Crippen MR) is 113 cm³/mol. The minimum atomic E-state index is -0.963. The van der Waals surface area contributed by atoms with Gasteiger partial charge in [0.15, 0.2) is 0 Å². The molecule has 1 saturated carbocycles. The largest absolute Gasteiger partial charge is 0.447 e. The number of aromatic nitrogens is 1. The summed E-state index contributed by atoms with van der Waals surface area (Å²) in [6.07, 6.45) is 0.964. The molecule has 1 fully saturated rings. The van der Waals surface area contributed by atoms with E-state index in [4.69, 9.17) is 16.3 Å². The molecule has 0 radical (unpaired) electrons. The van der Waals surface area contributed by atoms with Crippen molar-refractivity contribution in [1.82, 2.24) is 10.3 Å². The number of carbonyl (C=O) groups excluding carboxylic acids is 2. The number of ether oxygens (including phenoxy) is 1. The first kappa shape index (κ1) is 19.6. The van der Waals surface area contributed by atoms with Crippen molar-refractivity contribution in [1.29, 1.82) is 0 Å². The number of thiazole rings is 1. The smallest absolute Gasteiger partial charge is 0.313 e. The van der Waals surface area contributed by atoms with E-state index in [0.717, 1.165) is 23.4 Å². The van der Waals surface area contributed by atoms with Gasteiger partial charge in [-0.3, -0.25) is 9.59 Å². The van der Waals surface area contributed by atoms with Gasteiger partial charge in [-0.1, -0.05) is 54.1 Å². The molecule has 1 aliphatic rings. The van der Waals surface area contributed by atoms with Crippen LogP contribution in [0.3, 0.4) is 0 Å². The van der Waals surface area contributed by atoms with Crippen molar-refractivity contribution >= 4 is 34.8 Å². The van der Waals surface area contributed by atoms with Gasteiger partial charge in [0.2, 0.25) is 6.10 Å². The van der Waals surface area contributed by atoms with Gasteiger partial charge in [0, 0.05) is 27.6 Å². The standard InChI is InChI=1S/C22H19ClN2O3S/c23-16-8-4-7-15(11-16)22-25-18(13-29-22)12-19(26)28-20(14-5-2-1-3-6-14)21(27)24-17-9-10-17/h1-8,11,13,17,20H,9-10,12H2,(H,24,27). The summed E-state index contributed by atoms with van der Waals surface area (Å²) in [7, 11) is 0. The Bertz CT molecular complexity index is 1020. The van der Waals surface area contributed by atoms with Crippen LogP contribution in [0.4, 0.5) is 0 Å². The average molecular weight is 427 g/mol. The van der Waals surface area contributed by atoms with E-state index < -0.39 is 12.1 Å². The van der Waals surface area contributed by atoms with Crippen LogP contribution < -0.4 is 5.32 Å². The quantitative estimate of drug-likeness (QED) is 0.562. The number of benzene rings is 2. The van der Waals surface area contributed by atoms with Crippen LogP contribution in [0.25, 0.3) is 10.6 Å². The second kappa shape index (κ2) is 8.76. The average Bonchev–Trinajstić information content (AvgIpc) is 3.41. The van der Waals surface area contributed by atoms with E-state index in [1.165, 1.54) is 11.3 Å². The maximum Gasteiger partial charge on any atom is 0.313 e. The van der Waals surface area contributed by atoms with Gasteiger partial charge in [0.05, 0.1) is 12.1 Å². The van der Waals surface area contributed by atoms with Crippen LogP contribution in [0.1, 0.15) is 30.2 Å². The van der Waals surface area contributed by atoms with Crippen LogP contribution in [0, 0.1) is 0 Å². The summed E-state index contributed by atoms with van der Waals surface area (Å²) >= 11 is 7.47. The van der Waals surface area contributed by atoms with Gasteiger partial charge >= 0.3 is 5.97 Å². The highest BCUT2D eigenvalue weighted by Crippen LogP contribution is 2.27. The number of nitrogens with one attached hydrogen (secondary N) is 1. The SMILES string of the molecule is O=C(Cc1csc(-c2cccc(Cl)c2)n1)OC(C(=O)NC1CC1)c1ccccc1. The number of carbonyl (C=O) groups is 2. The number of nitrogens with zero attached hydrogens (tertiary/aromatic N) is 1. The van der Waals surface area contributed by atoms with E-state index in [1.54, 1.807) is 18.2 Å². The van der Waals surface area contributed by atoms with Crippen molar-refractivity contribution in [3.63, 3.8) is 0 Å². The van der Waals surface area contributed by atoms with Crippen LogP contribution in [-0.4, -0.2) is 22.9 Å². The molecule has 1 aliphatic carbocycles. The maximum atomic E-state index is 12.6. The summed E-state index contributed by atoms with van der Waals surface area (Å²) in [5, 5.41) is 6.14. The Morgan fingerprint density at radius 1 is 1.17 bits per heavy atom. The van der Waals surface area contributed by atoms with Crippen molar-refractivity contribution in [2.24, 2.45) is 0 Å². The highest BCUT2D eigenvalue weighted by atomic mass is 35.5. The maximum absolute atomic E-state index is 12.6. The number of esters is 1. The second-order valence-electron chi connectivity index (χ2n) is 6.89. The molecule has 0 spiro atoms. The lowest BCUT2D eigenvalue weighted by Gasteiger charge is -2.17. The van der Waals surface area contributed by atoms with E-state index in [9.17, 15) is 9.59 Å². The first-order valence-electron chi connectivity index (χ1n) is 9.33. The van der Waals surface area contributed by atoms with E-state index in [0.29, 0.717) is 16.3 Å². The summed E-state index contributed by atoms with van der Waals surface area (Å²) in [5.41, 5.74) is 2.15. The Morgan fingerprint density at radius 3 is 2.69 bits per heavy atom. The molecular weight excluding hydrogens is 408 g/mol. The zero-order chi connectivity index (χ0) is 20.2. The van der Waals surface area contributed by atoms with Gasteiger partial charge < -0.3 is 10.1 Å². The van der Waals surface area contributed by atoms with E-state index in [2.05, 4.69) is 10.3 Å². The molecule has 29 heavy (non-hydrogen) atoms. The lowest BCUT2D eigenvalue weighted by Crippen LogP contribution is -2.33. The highest BCUT2D eigenvalue weighted by molar-refractivity contribution is 7.13. The Balaban J connectivity index is 1.44. The van der Waals surface area contributed by atoms with Gasteiger partial charge in [-0.2, -0.15) is 0 Å². The summed E-state index contributed by atoms with van der Waals surface area (Å²) in [6, 6.07) is 16.6. The van der Waals surface area contributed by atoms with E-state index in [-0.39, 0.29) is 18.4 Å². The number of hydrogen-bond donors (Lipinski definition) is 1. The second-order valence-corrected chi connectivity index (χ2v) is 8.19. The topological polar surface area (TPSA) is 68.3 Å². The van der Waals surface area contributed by atoms with Crippen LogP contribution in [0.15, 0.2) is 60.0 Å². The molecule has 1 heterocycles. The molecule has 1 aromatic heterocycles. The summed E-state index contributed by atoms with van der Waals surface area (Å²) < 4.78 is 5.56. The Kier molecular flexibility index (Phi) is 5.92. The van der Waals surface area contributed by atoms with Gasteiger partial charge in [-0.05, 0) is 25.0 Å². The zero-order valence-electron chi connectivity index (χ0n) is 15.5. The number of amides is 1. The molecule has 1 atom stereocenters. The molecule has 1 amide bonds.